The fraction of sp³-hybridized carbons (Fsp3) is 0.579. The van der Waals surface area contributed by atoms with Gasteiger partial charge in [0.25, 0.3) is 0 Å². The fourth-order valence-corrected chi connectivity index (χ4v) is 4.04. The summed E-state index contributed by atoms with van der Waals surface area (Å²) in [5.74, 6) is 6.55. The SMILES string of the molecule is CCCCCCC#CCCCO[Si](C)(C)c1ccccc1. The Bertz CT molecular complexity index is 428. The quantitative estimate of drug-likeness (QED) is 0.359. The Hall–Kier alpha value is -1.04. The van der Waals surface area contributed by atoms with Crippen LogP contribution in [0.2, 0.25) is 13.1 Å². The minimum absolute atomic E-state index is 0.832. The van der Waals surface area contributed by atoms with Crippen LogP contribution in [0.15, 0.2) is 30.3 Å². The van der Waals surface area contributed by atoms with Crippen molar-refractivity contribution in [3.63, 3.8) is 0 Å². The maximum absolute atomic E-state index is 6.15. The van der Waals surface area contributed by atoms with E-state index in [1.165, 1.54) is 30.9 Å². The highest BCUT2D eigenvalue weighted by Gasteiger charge is 2.24. The molecule has 0 saturated heterocycles. The first-order chi connectivity index (χ1) is 10.2. The molecule has 1 aromatic carbocycles. The Labute approximate surface area is 132 Å². The zero-order valence-corrected chi connectivity index (χ0v) is 15.0. The molecule has 0 atom stereocenters. The fourth-order valence-electron chi connectivity index (χ4n) is 2.23. The van der Waals surface area contributed by atoms with E-state index in [0.717, 1.165) is 25.9 Å². The van der Waals surface area contributed by atoms with Crippen LogP contribution in [-0.4, -0.2) is 14.9 Å². The zero-order valence-electron chi connectivity index (χ0n) is 14.0. The van der Waals surface area contributed by atoms with Crippen LogP contribution in [0.25, 0.3) is 0 Å². The lowest BCUT2D eigenvalue weighted by molar-refractivity contribution is 0.311. The van der Waals surface area contributed by atoms with Gasteiger partial charge in [0.1, 0.15) is 0 Å². The second-order valence-electron chi connectivity index (χ2n) is 5.99. The molecule has 0 N–H and O–H groups in total. The first kappa shape index (κ1) is 18.0. The topological polar surface area (TPSA) is 9.23 Å². The summed E-state index contributed by atoms with van der Waals surface area (Å²) < 4.78 is 6.15. The summed E-state index contributed by atoms with van der Waals surface area (Å²) in [7, 11) is -1.72. The van der Waals surface area contributed by atoms with Crippen molar-refractivity contribution in [2.75, 3.05) is 6.61 Å². The lowest BCUT2D eigenvalue weighted by Gasteiger charge is -2.23. The van der Waals surface area contributed by atoms with Crippen molar-refractivity contribution in [3.05, 3.63) is 30.3 Å². The molecule has 0 bridgehead atoms. The average Bonchev–Trinajstić information content (AvgIpc) is 2.50. The normalized spacial score (nSPS) is 11.0. The highest BCUT2D eigenvalue weighted by atomic mass is 28.4. The number of hydrogen-bond donors (Lipinski definition) is 0. The molecule has 0 amide bonds. The second kappa shape index (κ2) is 10.7. The van der Waals surface area contributed by atoms with Gasteiger partial charge in [-0.2, -0.15) is 0 Å². The van der Waals surface area contributed by atoms with Gasteiger partial charge in [0.05, 0.1) is 0 Å². The monoisotopic (exact) mass is 302 g/mol. The summed E-state index contributed by atoms with van der Waals surface area (Å²) in [5.41, 5.74) is 0. The van der Waals surface area contributed by atoms with Crippen molar-refractivity contribution in [3.8, 4) is 11.8 Å². The number of benzene rings is 1. The van der Waals surface area contributed by atoms with Crippen molar-refractivity contribution >= 4 is 13.5 Å². The largest absolute Gasteiger partial charge is 0.413 e. The summed E-state index contributed by atoms with van der Waals surface area (Å²) >= 11 is 0. The van der Waals surface area contributed by atoms with E-state index >= 15 is 0 Å². The Balaban J connectivity index is 2.12. The molecule has 1 aromatic rings. The van der Waals surface area contributed by atoms with Gasteiger partial charge in [0.15, 0.2) is 0 Å². The van der Waals surface area contributed by atoms with E-state index in [2.05, 4.69) is 62.2 Å². The van der Waals surface area contributed by atoms with Crippen molar-refractivity contribution in [2.45, 2.75) is 65.0 Å². The molecule has 0 saturated carbocycles. The molecule has 116 valence electrons. The van der Waals surface area contributed by atoms with Gasteiger partial charge in [-0.25, -0.2) is 0 Å². The molecule has 0 fully saturated rings. The molecule has 21 heavy (non-hydrogen) atoms. The maximum Gasteiger partial charge on any atom is 0.218 e. The molecule has 1 nitrogen and oxygen atoms in total. The Morgan fingerprint density at radius 1 is 0.905 bits per heavy atom. The Morgan fingerprint density at radius 3 is 2.24 bits per heavy atom. The minimum atomic E-state index is -1.72. The summed E-state index contributed by atoms with van der Waals surface area (Å²) in [6, 6.07) is 10.6. The summed E-state index contributed by atoms with van der Waals surface area (Å²) in [6.07, 6.45) is 8.29. The Kier molecular flexibility index (Phi) is 9.13. The van der Waals surface area contributed by atoms with E-state index in [-0.39, 0.29) is 0 Å². The molecule has 0 aliphatic rings. The first-order valence-corrected chi connectivity index (χ1v) is 11.2. The van der Waals surface area contributed by atoms with Gasteiger partial charge in [-0.1, -0.05) is 56.5 Å². The van der Waals surface area contributed by atoms with E-state index in [1.807, 2.05) is 0 Å². The van der Waals surface area contributed by atoms with Crippen molar-refractivity contribution in [1.29, 1.82) is 0 Å². The van der Waals surface area contributed by atoms with Crippen molar-refractivity contribution < 1.29 is 4.43 Å². The van der Waals surface area contributed by atoms with E-state index in [4.69, 9.17) is 4.43 Å². The number of unbranched alkanes of at least 4 members (excludes halogenated alkanes) is 5. The predicted octanol–water partition coefficient (Wildman–Crippen LogP) is 4.87. The molecule has 0 radical (unpaired) electrons. The molecule has 0 heterocycles. The summed E-state index contributed by atoms with van der Waals surface area (Å²) in [4.78, 5) is 0. The third kappa shape index (κ3) is 8.09. The highest BCUT2D eigenvalue weighted by Crippen LogP contribution is 2.06. The van der Waals surface area contributed by atoms with Gasteiger partial charge >= 0.3 is 0 Å². The molecular weight excluding hydrogens is 272 g/mol. The minimum Gasteiger partial charge on any atom is -0.413 e. The van der Waals surface area contributed by atoms with Crippen LogP contribution in [0, 0.1) is 11.8 Å². The molecule has 2 heteroatoms. The Morgan fingerprint density at radius 2 is 1.57 bits per heavy atom. The lowest BCUT2D eigenvalue weighted by Crippen LogP contribution is -2.44. The van der Waals surface area contributed by atoms with Gasteiger partial charge in [-0.3, -0.25) is 0 Å². The molecule has 0 spiro atoms. The summed E-state index contributed by atoms with van der Waals surface area (Å²) in [5, 5.41) is 1.37. The number of hydrogen-bond acceptors (Lipinski definition) is 1. The lowest BCUT2D eigenvalue weighted by atomic mass is 10.1. The molecule has 1 rings (SSSR count). The van der Waals surface area contributed by atoms with Crippen LogP contribution in [0.4, 0.5) is 0 Å². The smallest absolute Gasteiger partial charge is 0.218 e. The van der Waals surface area contributed by atoms with Crippen LogP contribution in [0.5, 0.6) is 0 Å². The van der Waals surface area contributed by atoms with E-state index < -0.39 is 8.32 Å². The molecule has 0 aliphatic heterocycles. The van der Waals surface area contributed by atoms with Crippen molar-refractivity contribution in [1.82, 2.24) is 0 Å². The van der Waals surface area contributed by atoms with Crippen LogP contribution in [0.1, 0.15) is 51.9 Å². The zero-order chi connectivity index (χ0) is 15.4. The van der Waals surface area contributed by atoms with Gasteiger partial charge in [0, 0.05) is 19.4 Å². The maximum atomic E-state index is 6.15. The highest BCUT2D eigenvalue weighted by molar-refractivity contribution is 6.84. The third-order valence-electron chi connectivity index (χ3n) is 3.66. The van der Waals surface area contributed by atoms with Crippen molar-refractivity contribution in [2.24, 2.45) is 0 Å². The van der Waals surface area contributed by atoms with Gasteiger partial charge < -0.3 is 4.43 Å². The standard InChI is InChI=1S/C19H30OSi/c1-4-5-6-7-8-9-10-11-15-18-20-21(2,3)19-16-13-12-14-17-19/h12-14,16-17H,4-8,11,15,18H2,1-3H3. The van der Waals surface area contributed by atoms with Crippen LogP contribution in [0.3, 0.4) is 0 Å². The van der Waals surface area contributed by atoms with Crippen LogP contribution in [-0.2, 0) is 4.43 Å². The predicted molar refractivity (Wildman–Crippen MR) is 95.3 cm³/mol. The molecule has 0 unspecified atom stereocenters. The van der Waals surface area contributed by atoms with Gasteiger partial charge in [-0.15, -0.1) is 11.8 Å². The molecular formula is C19H30OSi. The van der Waals surface area contributed by atoms with Gasteiger partial charge in [0.2, 0.25) is 8.32 Å². The van der Waals surface area contributed by atoms with Crippen LogP contribution >= 0.6 is 0 Å². The molecule has 0 aromatic heterocycles. The van der Waals surface area contributed by atoms with E-state index in [9.17, 15) is 0 Å². The van der Waals surface area contributed by atoms with Crippen LogP contribution < -0.4 is 5.19 Å². The third-order valence-corrected chi connectivity index (χ3v) is 6.31. The van der Waals surface area contributed by atoms with E-state index in [1.54, 1.807) is 0 Å². The second-order valence-corrected chi connectivity index (χ2v) is 9.88. The van der Waals surface area contributed by atoms with E-state index in [0.29, 0.717) is 0 Å². The summed E-state index contributed by atoms with van der Waals surface area (Å²) in [6.45, 7) is 7.61. The average molecular weight is 303 g/mol. The number of rotatable bonds is 9. The first-order valence-electron chi connectivity index (χ1n) is 8.32. The van der Waals surface area contributed by atoms with Gasteiger partial charge in [-0.05, 0) is 31.1 Å². The molecule has 0 aliphatic carbocycles.